The lowest BCUT2D eigenvalue weighted by Gasteiger charge is -2.30. The van der Waals surface area contributed by atoms with Gasteiger partial charge in [0.2, 0.25) is 5.91 Å². The molecule has 0 saturated carbocycles. The van der Waals surface area contributed by atoms with Crippen LogP contribution in [-0.2, 0) is 4.79 Å². The minimum absolute atomic E-state index is 0.176. The van der Waals surface area contributed by atoms with Crippen molar-refractivity contribution in [1.82, 2.24) is 5.32 Å². The van der Waals surface area contributed by atoms with Gasteiger partial charge in [-0.25, -0.2) is 0 Å². The van der Waals surface area contributed by atoms with Crippen LogP contribution in [0.2, 0.25) is 0 Å². The average Bonchev–Trinajstić information content (AvgIpc) is 2.26. The Hall–Kier alpha value is -0.570. The summed E-state index contributed by atoms with van der Waals surface area (Å²) in [5, 5.41) is 3.05. The summed E-state index contributed by atoms with van der Waals surface area (Å²) in [6.07, 6.45) is 3.37. The van der Waals surface area contributed by atoms with Gasteiger partial charge in [0.25, 0.3) is 0 Å². The van der Waals surface area contributed by atoms with Crippen LogP contribution >= 0.6 is 0 Å². The van der Waals surface area contributed by atoms with Crippen LogP contribution in [0.15, 0.2) is 0 Å². The Morgan fingerprint density at radius 1 is 1.18 bits per heavy atom. The van der Waals surface area contributed by atoms with Gasteiger partial charge in [0, 0.05) is 5.41 Å². The van der Waals surface area contributed by atoms with Crippen molar-refractivity contribution in [2.24, 2.45) is 5.41 Å². The van der Waals surface area contributed by atoms with Gasteiger partial charge >= 0.3 is 0 Å². The quantitative estimate of drug-likeness (QED) is 0.652. The zero-order valence-corrected chi connectivity index (χ0v) is 12.6. The SMILES string of the molecule is CCCC[N+](C)(C)CCNC(=O)C(C)(C)CC. The van der Waals surface area contributed by atoms with E-state index < -0.39 is 0 Å². The number of hydrogen-bond donors (Lipinski definition) is 1. The van der Waals surface area contributed by atoms with Crippen LogP contribution in [0.5, 0.6) is 0 Å². The number of carbonyl (C=O) groups excluding carboxylic acids is 1. The highest BCUT2D eigenvalue weighted by molar-refractivity contribution is 5.81. The summed E-state index contributed by atoms with van der Waals surface area (Å²) in [6, 6.07) is 0. The van der Waals surface area contributed by atoms with Crippen molar-refractivity contribution in [1.29, 1.82) is 0 Å². The Morgan fingerprint density at radius 2 is 1.76 bits per heavy atom. The van der Waals surface area contributed by atoms with Gasteiger partial charge in [-0.15, -0.1) is 0 Å². The summed E-state index contributed by atoms with van der Waals surface area (Å²) in [5.41, 5.74) is -0.236. The maximum Gasteiger partial charge on any atom is 0.225 e. The molecule has 0 aromatic rings. The first-order valence-electron chi connectivity index (χ1n) is 6.85. The molecule has 0 fully saturated rings. The Labute approximate surface area is 107 Å². The maximum absolute atomic E-state index is 11.9. The van der Waals surface area contributed by atoms with Gasteiger partial charge in [0.05, 0.1) is 33.7 Å². The molecule has 0 aliphatic heterocycles. The summed E-state index contributed by atoms with van der Waals surface area (Å²) in [7, 11) is 4.46. The normalized spacial score (nSPS) is 12.6. The minimum Gasteiger partial charge on any atom is -0.350 e. The third-order valence-corrected chi connectivity index (χ3v) is 3.62. The largest absolute Gasteiger partial charge is 0.350 e. The van der Waals surface area contributed by atoms with Crippen molar-refractivity contribution in [3.05, 3.63) is 0 Å². The van der Waals surface area contributed by atoms with E-state index in [0.717, 1.165) is 24.0 Å². The number of likely N-dealkylation sites (N-methyl/N-ethyl adjacent to an activating group) is 1. The van der Waals surface area contributed by atoms with Crippen molar-refractivity contribution in [2.75, 3.05) is 33.7 Å². The molecular weight excluding hydrogens is 212 g/mol. The van der Waals surface area contributed by atoms with Crippen molar-refractivity contribution in [3.63, 3.8) is 0 Å². The number of nitrogens with zero attached hydrogens (tertiary/aromatic N) is 1. The van der Waals surface area contributed by atoms with E-state index in [1.165, 1.54) is 19.4 Å². The molecule has 0 spiro atoms. The molecule has 0 aliphatic carbocycles. The lowest BCUT2D eigenvalue weighted by atomic mass is 9.89. The topological polar surface area (TPSA) is 29.1 Å². The lowest BCUT2D eigenvalue weighted by molar-refractivity contribution is -0.889. The van der Waals surface area contributed by atoms with E-state index in [4.69, 9.17) is 0 Å². The lowest BCUT2D eigenvalue weighted by Crippen LogP contribution is -2.47. The van der Waals surface area contributed by atoms with Gasteiger partial charge in [0.1, 0.15) is 0 Å². The highest BCUT2D eigenvalue weighted by Gasteiger charge is 2.25. The van der Waals surface area contributed by atoms with Crippen LogP contribution in [0.3, 0.4) is 0 Å². The molecule has 17 heavy (non-hydrogen) atoms. The van der Waals surface area contributed by atoms with Gasteiger partial charge in [-0.05, 0) is 12.8 Å². The minimum atomic E-state index is -0.236. The van der Waals surface area contributed by atoms with Gasteiger partial charge in [-0.2, -0.15) is 0 Å². The van der Waals surface area contributed by atoms with Crippen LogP contribution < -0.4 is 5.32 Å². The molecule has 0 heterocycles. The molecule has 3 heteroatoms. The molecule has 0 aliphatic rings. The van der Waals surface area contributed by atoms with Gasteiger partial charge < -0.3 is 9.80 Å². The fourth-order valence-electron chi connectivity index (χ4n) is 1.57. The molecule has 1 amide bonds. The fraction of sp³-hybridized carbons (Fsp3) is 0.929. The number of carbonyl (C=O) groups is 1. The van der Waals surface area contributed by atoms with E-state index >= 15 is 0 Å². The van der Waals surface area contributed by atoms with Crippen molar-refractivity contribution in [3.8, 4) is 0 Å². The molecule has 0 unspecified atom stereocenters. The first kappa shape index (κ1) is 16.4. The first-order chi connectivity index (χ1) is 7.75. The second-order valence-electron chi connectivity index (χ2n) is 6.23. The summed E-state index contributed by atoms with van der Waals surface area (Å²) < 4.78 is 0.987. The van der Waals surface area contributed by atoms with Crippen molar-refractivity contribution >= 4 is 5.91 Å². The Bertz CT molecular complexity index is 234. The summed E-state index contributed by atoms with van der Waals surface area (Å²) in [6.45, 7) is 11.2. The molecule has 0 atom stereocenters. The molecule has 3 nitrogen and oxygen atoms in total. The first-order valence-corrected chi connectivity index (χ1v) is 6.85. The van der Waals surface area contributed by atoms with Crippen LogP contribution in [0.1, 0.15) is 47.0 Å². The number of hydrogen-bond acceptors (Lipinski definition) is 1. The Kier molecular flexibility index (Phi) is 6.76. The highest BCUT2D eigenvalue weighted by Crippen LogP contribution is 2.19. The summed E-state index contributed by atoms with van der Waals surface area (Å²) in [5.74, 6) is 0.176. The van der Waals surface area contributed by atoms with E-state index in [2.05, 4.69) is 33.3 Å². The maximum atomic E-state index is 11.9. The molecule has 0 bridgehead atoms. The smallest absolute Gasteiger partial charge is 0.225 e. The predicted octanol–water partition coefficient (Wildman–Crippen LogP) is 2.42. The zero-order chi connectivity index (χ0) is 13.5. The predicted molar refractivity (Wildman–Crippen MR) is 73.8 cm³/mol. The second kappa shape index (κ2) is 7.00. The van der Waals surface area contributed by atoms with Crippen LogP contribution in [0, 0.1) is 5.41 Å². The number of quaternary nitrogens is 1. The van der Waals surface area contributed by atoms with Gasteiger partial charge in [-0.3, -0.25) is 4.79 Å². The van der Waals surface area contributed by atoms with E-state index in [1.807, 2.05) is 13.8 Å². The average molecular weight is 243 g/mol. The third kappa shape index (κ3) is 6.67. The third-order valence-electron chi connectivity index (χ3n) is 3.62. The summed E-state index contributed by atoms with van der Waals surface area (Å²) >= 11 is 0. The zero-order valence-electron chi connectivity index (χ0n) is 12.6. The Balaban J connectivity index is 3.94. The number of rotatable bonds is 8. The van der Waals surface area contributed by atoms with Crippen LogP contribution in [0.4, 0.5) is 0 Å². The van der Waals surface area contributed by atoms with Crippen LogP contribution in [-0.4, -0.2) is 44.1 Å². The number of nitrogens with one attached hydrogen (secondary N) is 1. The van der Waals surface area contributed by atoms with E-state index in [9.17, 15) is 4.79 Å². The molecule has 0 saturated heterocycles. The van der Waals surface area contributed by atoms with Crippen LogP contribution in [0.25, 0.3) is 0 Å². The molecule has 0 aromatic heterocycles. The standard InChI is InChI=1S/C14H30N2O/c1-7-9-11-16(5,6)12-10-15-13(17)14(3,4)8-2/h7-12H2,1-6H3/p+1. The van der Waals surface area contributed by atoms with Gasteiger partial charge in [0.15, 0.2) is 0 Å². The second-order valence-corrected chi connectivity index (χ2v) is 6.23. The van der Waals surface area contributed by atoms with E-state index in [1.54, 1.807) is 0 Å². The monoisotopic (exact) mass is 243 g/mol. The van der Waals surface area contributed by atoms with E-state index in [-0.39, 0.29) is 11.3 Å². The molecular formula is C14H31N2O+. The number of amides is 1. The molecule has 0 rings (SSSR count). The van der Waals surface area contributed by atoms with Gasteiger partial charge in [-0.1, -0.05) is 34.1 Å². The fourth-order valence-corrected chi connectivity index (χ4v) is 1.57. The Morgan fingerprint density at radius 3 is 2.24 bits per heavy atom. The molecule has 0 aromatic carbocycles. The number of unbranched alkanes of at least 4 members (excludes halogenated alkanes) is 1. The van der Waals surface area contributed by atoms with Crippen molar-refractivity contribution < 1.29 is 9.28 Å². The molecule has 0 radical (unpaired) electrons. The molecule has 1 N–H and O–H groups in total. The summed E-state index contributed by atoms with van der Waals surface area (Å²) in [4.78, 5) is 11.9. The highest BCUT2D eigenvalue weighted by atomic mass is 16.2. The van der Waals surface area contributed by atoms with E-state index in [0.29, 0.717) is 0 Å². The molecule has 102 valence electrons. The van der Waals surface area contributed by atoms with Crippen molar-refractivity contribution in [2.45, 2.75) is 47.0 Å².